The van der Waals surface area contributed by atoms with E-state index in [9.17, 15) is 0 Å². The number of aromatic nitrogens is 2. The summed E-state index contributed by atoms with van der Waals surface area (Å²) < 4.78 is 8.00. The van der Waals surface area contributed by atoms with Gasteiger partial charge in [-0.15, -0.1) is 0 Å². The average molecular weight is 283 g/mol. The summed E-state index contributed by atoms with van der Waals surface area (Å²) in [5.74, 6) is 3.14. The minimum absolute atomic E-state index is 0.530. The summed E-state index contributed by atoms with van der Waals surface area (Å²) in [5.41, 5.74) is 8.93. The monoisotopic (exact) mass is 283 g/mol. The van der Waals surface area contributed by atoms with Gasteiger partial charge in [-0.2, -0.15) is 0 Å². The van der Waals surface area contributed by atoms with Crippen LogP contribution >= 0.6 is 0 Å². The van der Waals surface area contributed by atoms with Crippen LogP contribution in [0.1, 0.15) is 25.2 Å². The lowest BCUT2D eigenvalue weighted by atomic mass is 10.2. The zero-order valence-corrected chi connectivity index (χ0v) is 12.8. The van der Waals surface area contributed by atoms with Crippen LogP contribution < -0.4 is 5.73 Å². The minimum atomic E-state index is 0.530. The van der Waals surface area contributed by atoms with Crippen molar-refractivity contribution >= 4 is 11.0 Å². The van der Waals surface area contributed by atoms with Gasteiger partial charge >= 0.3 is 0 Å². The molecule has 2 heterocycles. The molecule has 3 aromatic rings. The molecule has 0 radical (unpaired) electrons. The Labute approximate surface area is 124 Å². The van der Waals surface area contributed by atoms with Crippen LogP contribution in [0.25, 0.3) is 22.6 Å². The van der Waals surface area contributed by atoms with E-state index in [2.05, 4.69) is 36.6 Å². The quantitative estimate of drug-likeness (QED) is 0.794. The molecule has 2 N–H and O–H groups in total. The van der Waals surface area contributed by atoms with Crippen LogP contribution in [0.15, 0.2) is 34.7 Å². The van der Waals surface area contributed by atoms with Crippen molar-refractivity contribution in [1.29, 1.82) is 0 Å². The van der Waals surface area contributed by atoms with Crippen molar-refractivity contribution < 1.29 is 4.42 Å². The van der Waals surface area contributed by atoms with Crippen molar-refractivity contribution in [3.8, 4) is 11.6 Å². The highest BCUT2D eigenvalue weighted by atomic mass is 16.3. The lowest BCUT2D eigenvalue weighted by Gasteiger charge is -2.10. The first kappa shape index (κ1) is 13.9. The molecular formula is C17H21N3O. The first-order valence-corrected chi connectivity index (χ1v) is 7.34. The summed E-state index contributed by atoms with van der Waals surface area (Å²) in [4.78, 5) is 4.77. The second kappa shape index (κ2) is 5.37. The number of fused-ring (bicyclic) bond motifs is 1. The fourth-order valence-corrected chi connectivity index (χ4v) is 2.60. The van der Waals surface area contributed by atoms with Crippen LogP contribution in [0, 0.1) is 12.8 Å². The number of imidazole rings is 1. The number of aryl methyl sites for hydroxylation is 1. The Morgan fingerprint density at radius 3 is 2.67 bits per heavy atom. The molecule has 0 aliphatic rings. The summed E-state index contributed by atoms with van der Waals surface area (Å²) >= 11 is 0. The third kappa shape index (κ3) is 2.59. The predicted molar refractivity (Wildman–Crippen MR) is 84.9 cm³/mol. The van der Waals surface area contributed by atoms with E-state index >= 15 is 0 Å². The number of rotatable bonds is 4. The maximum Gasteiger partial charge on any atom is 0.177 e. The molecule has 0 unspecified atom stereocenters. The number of hydrogen-bond donors (Lipinski definition) is 1. The number of nitrogens with zero attached hydrogens (tertiary/aromatic N) is 2. The normalized spacial score (nSPS) is 11.7. The Hall–Kier alpha value is -2.07. The molecule has 0 spiro atoms. The molecule has 0 saturated carbocycles. The molecule has 21 heavy (non-hydrogen) atoms. The largest absolute Gasteiger partial charge is 0.458 e. The van der Waals surface area contributed by atoms with Crippen molar-refractivity contribution in [2.45, 2.75) is 33.9 Å². The summed E-state index contributed by atoms with van der Waals surface area (Å²) in [6.45, 7) is 7.80. The van der Waals surface area contributed by atoms with Crippen molar-refractivity contribution in [3.05, 3.63) is 41.7 Å². The van der Waals surface area contributed by atoms with Crippen LogP contribution in [-0.4, -0.2) is 9.55 Å². The fraction of sp³-hybridized carbons (Fsp3) is 0.353. The molecule has 110 valence electrons. The Morgan fingerprint density at radius 1 is 1.24 bits per heavy atom. The minimum Gasteiger partial charge on any atom is -0.458 e. The third-order valence-corrected chi connectivity index (χ3v) is 3.56. The van der Waals surface area contributed by atoms with Gasteiger partial charge in [-0.3, -0.25) is 0 Å². The molecule has 2 aromatic heterocycles. The molecule has 0 fully saturated rings. The van der Waals surface area contributed by atoms with Gasteiger partial charge in [0.2, 0.25) is 0 Å². The molecule has 0 atom stereocenters. The van der Waals surface area contributed by atoms with Gasteiger partial charge in [-0.05, 0) is 42.7 Å². The first-order chi connectivity index (χ1) is 10.1. The summed E-state index contributed by atoms with van der Waals surface area (Å²) in [7, 11) is 0. The van der Waals surface area contributed by atoms with E-state index in [-0.39, 0.29) is 0 Å². The Morgan fingerprint density at radius 2 is 2.05 bits per heavy atom. The van der Waals surface area contributed by atoms with Crippen LogP contribution in [0.2, 0.25) is 0 Å². The van der Waals surface area contributed by atoms with Crippen molar-refractivity contribution in [3.63, 3.8) is 0 Å². The summed E-state index contributed by atoms with van der Waals surface area (Å²) in [6, 6.07) is 10.2. The second-order valence-electron chi connectivity index (χ2n) is 5.88. The zero-order chi connectivity index (χ0) is 15.0. The molecule has 0 saturated heterocycles. The van der Waals surface area contributed by atoms with Crippen molar-refractivity contribution in [2.75, 3.05) is 0 Å². The van der Waals surface area contributed by atoms with E-state index in [1.165, 1.54) is 0 Å². The van der Waals surface area contributed by atoms with Gasteiger partial charge in [0.1, 0.15) is 5.76 Å². The average Bonchev–Trinajstić information content (AvgIpc) is 3.02. The van der Waals surface area contributed by atoms with E-state index in [4.69, 9.17) is 15.1 Å². The molecular weight excluding hydrogens is 262 g/mol. The molecule has 1 aromatic carbocycles. The van der Waals surface area contributed by atoms with E-state index in [0.29, 0.717) is 12.5 Å². The predicted octanol–water partition coefficient (Wildman–Crippen LogP) is 3.72. The van der Waals surface area contributed by atoms with Gasteiger partial charge in [-0.1, -0.05) is 19.9 Å². The number of hydrogen-bond acceptors (Lipinski definition) is 3. The maximum absolute atomic E-state index is 5.77. The van der Waals surface area contributed by atoms with Crippen LogP contribution in [0.5, 0.6) is 0 Å². The molecule has 0 aliphatic heterocycles. The van der Waals surface area contributed by atoms with E-state index in [1.54, 1.807) is 0 Å². The van der Waals surface area contributed by atoms with Crippen LogP contribution in [0.3, 0.4) is 0 Å². The Bertz CT molecular complexity index is 768. The molecule has 0 bridgehead atoms. The zero-order valence-electron chi connectivity index (χ0n) is 12.8. The summed E-state index contributed by atoms with van der Waals surface area (Å²) in [5, 5.41) is 0. The lowest BCUT2D eigenvalue weighted by molar-refractivity contribution is 0.513. The highest BCUT2D eigenvalue weighted by Crippen LogP contribution is 2.27. The van der Waals surface area contributed by atoms with Gasteiger partial charge in [0, 0.05) is 13.1 Å². The fourth-order valence-electron chi connectivity index (χ4n) is 2.60. The van der Waals surface area contributed by atoms with Gasteiger partial charge in [0.15, 0.2) is 11.6 Å². The molecule has 3 rings (SSSR count). The van der Waals surface area contributed by atoms with Gasteiger partial charge in [0.25, 0.3) is 0 Å². The smallest absolute Gasteiger partial charge is 0.177 e. The van der Waals surface area contributed by atoms with Gasteiger partial charge < -0.3 is 14.7 Å². The molecule has 4 nitrogen and oxygen atoms in total. The Kier molecular flexibility index (Phi) is 3.55. The highest BCUT2D eigenvalue weighted by Gasteiger charge is 2.16. The van der Waals surface area contributed by atoms with Crippen molar-refractivity contribution in [2.24, 2.45) is 11.7 Å². The van der Waals surface area contributed by atoms with Gasteiger partial charge in [0.05, 0.1) is 11.0 Å². The maximum atomic E-state index is 5.77. The van der Waals surface area contributed by atoms with Crippen LogP contribution in [0.4, 0.5) is 0 Å². The summed E-state index contributed by atoms with van der Waals surface area (Å²) in [6.07, 6.45) is 0. The van der Waals surface area contributed by atoms with E-state index in [1.807, 2.05) is 19.1 Å². The third-order valence-electron chi connectivity index (χ3n) is 3.56. The topological polar surface area (TPSA) is 57.0 Å². The van der Waals surface area contributed by atoms with E-state index < -0.39 is 0 Å². The first-order valence-electron chi connectivity index (χ1n) is 7.34. The molecule has 0 amide bonds. The Balaban J connectivity index is 2.21. The van der Waals surface area contributed by atoms with Crippen LogP contribution in [-0.2, 0) is 13.1 Å². The standard InChI is InChI=1S/C17H21N3O/c1-11(2)10-20-15-6-5-13(9-18)8-14(15)19-17(20)16-7-4-12(3)21-16/h4-8,11H,9-10,18H2,1-3H3. The number of furan rings is 1. The lowest BCUT2D eigenvalue weighted by Crippen LogP contribution is -2.06. The van der Waals surface area contributed by atoms with E-state index in [0.717, 1.165) is 40.5 Å². The highest BCUT2D eigenvalue weighted by molar-refractivity contribution is 5.80. The second-order valence-corrected chi connectivity index (χ2v) is 5.88. The molecule has 0 aliphatic carbocycles. The number of benzene rings is 1. The molecule has 4 heteroatoms. The number of nitrogens with two attached hydrogens (primary N) is 1. The van der Waals surface area contributed by atoms with Gasteiger partial charge in [-0.25, -0.2) is 4.98 Å². The SMILES string of the molecule is Cc1ccc(-c2nc3cc(CN)ccc3n2CC(C)C)o1. The van der Waals surface area contributed by atoms with Crippen molar-refractivity contribution in [1.82, 2.24) is 9.55 Å².